The van der Waals surface area contributed by atoms with E-state index in [0.717, 1.165) is 76.9 Å². The van der Waals surface area contributed by atoms with Crippen molar-refractivity contribution >= 4 is 96.5 Å². The van der Waals surface area contributed by atoms with Gasteiger partial charge in [0.1, 0.15) is 50.9 Å². The van der Waals surface area contributed by atoms with E-state index in [-0.39, 0.29) is 126 Å². The lowest BCUT2D eigenvalue weighted by Crippen LogP contribution is -2.58. The fourth-order valence-corrected chi connectivity index (χ4v) is 17.8. The van der Waals surface area contributed by atoms with Crippen molar-refractivity contribution in [1.82, 2.24) is 34.8 Å². The standard InChI is InChI=1S/C36H43F3N6O8S.C32H36F3N5O6S.CH3Cl/c1-22-20-25(45-31(48)41-30(47)35(45)13-15-43(16-14-35)32(49)53-33(3,4)5)21-23(2)27(22)10-19-54(50,51)44-17-11-34(12-18-44)29(46)40-28(42-34)24-6-8-26(9-7-24)52-36(37,38)39;1-20-18-23(40-29(43)37-28(42)31(40)11-4-3-5-12-31)19-21(2)25(20)10-17-47(44,45)39-15-13-30(14-16-39)27(41)36-26(38-30)22-6-8-24(9-7-22)46-32(33,34)35;1-2/h6-9,20-21H,10-19H2,1-5H3,(H,40,42,46)(H,41,47,48);6-9,18-19H,3-5,10-17H2,1-2H3,(H,36,38,41)(H,37,42,43);1H3. The van der Waals surface area contributed by atoms with E-state index >= 15 is 0 Å². The van der Waals surface area contributed by atoms with Crippen molar-refractivity contribution < 1.29 is 91.0 Å². The summed E-state index contributed by atoms with van der Waals surface area (Å²) in [5.74, 6) is -2.25. The van der Waals surface area contributed by atoms with Crippen LogP contribution in [0.15, 0.2) is 82.8 Å². The minimum Gasteiger partial charge on any atom is -0.444 e. The van der Waals surface area contributed by atoms with Crippen LogP contribution in [0.3, 0.4) is 0 Å². The number of hydrogen-bond acceptors (Lipinski definition) is 16. The maximum atomic E-state index is 13.6. The molecule has 4 aromatic carbocycles. The van der Waals surface area contributed by atoms with Gasteiger partial charge in [-0.15, -0.1) is 37.9 Å². The third kappa shape index (κ3) is 16.4. The van der Waals surface area contributed by atoms with Crippen LogP contribution in [0.2, 0.25) is 0 Å². The summed E-state index contributed by atoms with van der Waals surface area (Å²) in [6.45, 7) is 13.4. The summed E-state index contributed by atoms with van der Waals surface area (Å²) in [5.41, 5.74) is 1.57. The quantitative estimate of drug-likeness (QED) is 0.0519. The van der Waals surface area contributed by atoms with Crippen LogP contribution in [-0.2, 0) is 56.8 Å². The highest BCUT2D eigenvalue weighted by molar-refractivity contribution is 7.89. The molecule has 7 aliphatic heterocycles. The molecule has 9 amide bonds. The van der Waals surface area contributed by atoms with Crippen LogP contribution in [0.5, 0.6) is 11.5 Å². The van der Waals surface area contributed by atoms with Gasteiger partial charge in [0.25, 0.3) is 23.6 Å². The molecule has 6 fully saturated rings. The Bertz CT molecular complexity index is 4250. The van der Waals surface area contributed by atoms with Crippen LogP contribution in [0, 0.1) is 27.7 Å². The first kappa shape index (κ1) is 77.2. The normalized spacial score (nSPS) is 20.4. The van der Waals surface area contributed by atoms with E-state index < -0.39 is 102 Å². The van der Waals surface area contributed by atoms with E-state index in [4.69, 9.17) is 4.74 Å². The van der Waals surface area contributed by atoms with Gasteiger partial charge in [-0.25, -0.2) is 39.8 Å². The molecule has 4 spiro atoms. The molecule has 4 N–H and O–H groups in total. The molecule has 7 heterocycles. The number of halogens is 7. The third-order valence-corrected chi connectivity index (χ3v) is 23.9. The van der Waals surface area contributed by atoms with Gasteiger partial charge in [-0.05, 0) is 219 Å². The molecule has 0 atom stereocenters. The molecular formula is C69H82ClF6N11O14S2. The SMILES string of the molecule is CCl.Cc1cc(N2C(=O)NC(=O)C23CCCCC3)cc(C)c1CCS(=O)(=O)N1CCC2(CC1)N=C(c1ccc(OC(F)(F)F)cc1)NC2=O.Cc1cc(N2C(=O)NC(=O)C23CCN(C(=O)OC(C)(C)C)CC3)cc(C)c1CCS(=O)(=O)N1CCC2(CC1)N=C(c1ccc(OC(F)(F)F)cc1)NC2=O. The Morgan fingerprint density at radius 2 is 0.835 bits per heavy atom. The molecule has 5 saturated heterocycles. The number of nitrogens with one attached hydrogen (secondary N) is 4. The predicted octanol–water partition coefficient (Wildman–Crippen LogP) is 9.41. The zero-order valence-corrected chi connectivity index (χ0v) is 60.5. The molecule has 12 rings (SSSR count). The fraction of sp³-hybridized carbons (Fsp3) is 0.522. The lowest BCUT2D eigenvalue weighted by Gasteiger charge is -2.42. The summed E-state index contributed by atoms with van der Waals surface area (Å²) in [5, 5.41) is 10.3. The minimum atomic E-state index is -4.84. The number of carbonyl (C=O) groups is 7. The van der Waals surface area contributed by atoms with Gasteiger partial charge in [-0.1, -0.05) is 19.3 Å². The highest BCUT2D eigenvalue weighted by Gasteiger charge is 2.57. The number of nitrogens with zero attached hydrogens (tertiary/aromatic N) is 7. The van der Waals surface area contributed by atoms with Gasteiger partial charge in [-0.3, -0.25) is 49.6 Å². The summed E-state index contributed by atoms with van der Waals surface area (Å²) >= 11 is 4.64. The summed E-state index contributed by atoms with van der Waals surface area (Å²) in [6, 6.07) is 16.2. The van der Waals surface area contributed by atoms with Crippen molar-refractivity contribution in [3.05, 3.63) is 117 Å². The van der Waals surface area contributed by atoms with Crippen molar-refractivity contribution in [3.63, 3.8) is 0 Å². The van der Waals surface area contributed by atoms with E-state index in [2.05, 4.69) is 52.3 Å². The first-order valence-corrected chi connectivity index (χ1v) is 37.6. The number of urea groups is 2. The van der Waals surface area contributed by atoms with Gasteiger partial charge in [-0.2, -0.15) is 0 Å². The Morgan fingerprint density at radius 3 is 1.17 bits per heavy atom. The summed E-state index contributed by atoms with van der Waals surface area (Å²) in [4.78, 5) is 105. The number of aliphatic imine (C=N–C) groups is 2. The van der Waals surface area contributed by atoms with E-state index in [0.29, 0.717) is 35.3 Å². The number of imide groups is 2. The second-order valence-corrected chi connectivity index (χ2v) is 32.0. The Labute approximate surface area is 597 Å². The number of sulfonamides is 2. The first-order chi connectivity index (χ1) is 48.2. The topological polar surface area (TPSA) is 304 Å². The molecule has 103 heavy (non-hydrogen) atoms. The minimum absolute atomic E-state index is 0.0489. The van der Waals surface area contributed by atoms with Crippen LogP contribution in [0.25, 0.3) is 0 Å². The summed E-state index contributed by atoms with van der Waals surface area (Å²) < 4.78 is 145. The Hall–Kier alpha value is -8.40. The van der Waals surface area contributed by atoms with Gasteiger partial charge < -0.3 is 29.7 Å². The van der Waals surface area contributed by atoms with Crippen molar-refractivity contribution in [2.75, 3.05) is 67.0 Å². The number of alkyl halides is 7. The van der Waals surface area contributed by atoms with Crippen molar-refractivity contribution in [2.45, 2.75) is 172 Å². The number of anilines is 2. The second kappa shape index (κ2) is 29.3. The number of likely N-dealkylation sites (tertiary alicyclic amines) is 1. The molecule has 1 saturated carbocycles. The summed E-state index contributed by atoms with van der Waals surface area (Å²) in [6.07, 6.45) is -3.34. The highest BCUT2D eigenvalue weighted by atomic mass is 35.5. The lowest BCUT2D eigenvalue weighted by molar-refractivity contribution is -0.275. The lowest BCUT2D eigenvalue weighted by atomic mass is 9.80. The van der Waals surface area contributed by atoms with E-state index in [1.807, 2.05) is 39.8 Å². The Kier molecular flexibility index (Phi) is 21.9. The monoisotopic (exact) mass is 1500 g/mol. The molecule has 0 bridgehead atoms. The summed E-state index contributed by atoms with van der Waals surface area (Å²) in [7, 11) is -7.47. The molecule has 0 unspecified atom stereocenters. The number of benzene rings is 4. The van der Waals surface area contributed by atoms with Crippen molar-refractivity contribution in [2.24, 2.45) is 9.98 Å². The number of amides is 9. The maximum Gasteiger partial charge on any atom is 0.573 e. The highest BCUT2D eigenvalue weighted by Crippen LogP contribution is 2.44. The van der Waals surface area contributed by atoms with Gasteiger partial charge in [0.2, 0.25) is 20.0 Å². The van der Waals surface area contributed by atoms with Crippen molar-refractivity contribution in [3.8, 4) is 11.5 Å². The third-order valence-electron chi connectivity index (χ3n) is 20.1. The van der Waals surface area contributed by atoms with Crippen LogP contribution in [0.1, 0.15) is 136 Å². The van der Waals surface area contributed by atoms with Crippen LogP contribution < -0.4 is 40.5 Å². The first-order valence-electron chi connectivity index (χ1n) is 33.6. The van der Waals surface area contributed by atoms with Crippen LogP contribution in [-0.4, -0.2) is 181 Å². The van der Waals surface area contributed by atoms with Gasteiger partial charge >= 0.3 is 30.9 Å². The van der Waals surface area contributed by atoms with E-state index in [1.54, 1.807) is 37.8 Å². The molecule has 34 heteroatoms. The van der Waals surface area contributed by atoms with Crippen LogP contribution in [0.4, 0.5) is 52.1 Å². The van der Waals surface area contributed by atoms with E-state index in [9.17, 15) is 76.7 Å². The zero-order valence-electron chi connectivity index (χ0n) is 58.1. The second-order valence-electron chi connectivity index (χ2n) is 27.9. The molecule has 25 nitrogen and oxygen atoms in total. The largest absolute Gasteiger partial charge is 0.573 e. The zero-order chi connectivity index (χ0) is 75.2. The van der Waals surface area contributed by atoms with Crippen molar-refractivity contribution in [1.29, 1.82) is 0 Å². The van der Waals surface area contributed by atoms with Gasteiger partial charge in [0.05, 0.1) is 11.5 Å². The number of piperidine rings is 3. The smallest absolute Gasteiger partial charge is 0.444 e. The molecular weight excluding hydrogens is 1420 g/mol. The van der Waals surface area contributed by atoms with Gasteiger partial charge in [0.15, 0.2) is 0 Å². The molecule has 0 aromatic heterocycles. The number of carbonyl (C=O) groups excluding carboxylic acids is 7. The average Bonchev–Trinajstić information content (AvgIpc) is 1.65. The number of rotatable bonds is 14. The molecule has 8 aliphatic rings. The van der Waals surface area contributed by atoms with Crippen LogP contribution >= 0.6 is 11.6 Å². The van der Waals surface area contributed by atoms with Gasteiger partial charge in [0, 0.05) is 68.2 Å². The maximum absolute atomic E-state index is 13.6. The Morgan fingerprint density at radius 1 is 0.495 bits per heavy atom. The Balaban J connectivity index is 0.000000218. The number of aryl methyl sites for hydroxylation is 4. The molecule has 0 radical (unpaired) electrons. The molecule has 1 aliphatic carbocycles. The number of ether oxygens (including phenoxy) is 3. The predicted molar refractivity (Wildman–Crippen MR) is 369 cm³/mol. The average molecular weight is 1500 g/mol. The number of hydrogen-bond donors (Lipinski definition) is 4. The fourth-order valence-electron chi connectivity index (χ4n) is 14.9. The molecule has 4 aromatic rings. The number of amidine groups is 2. The van der Waals surface area contributed by atoms with E-state index in [1.165, 1.54) is 49.1 Å². The molecule has 558 valence electrons.